The number of nitrogens with one attached hydrogen (secondary N) is 1. The molecular weight excluding hydrogens is 336 g/mol. The number of aromatic amines is 1. The largest absolute Gasteiger partial charge is 0.493 e. The van der Waals surface area contributed by atoms with Gasteiger partial charge < -0.3 is 14.8 Å². The van der Waals surface area contributed by atoms with Gasteiger partial charge in [-0.25, -0.2) is 4.79 Å². The number of esters is 1. The number of rotatable bonds is 2. The molecule has 0 saturated heterocycles. The minimum absolute atomic E-state index is 0.00197. The molecule has 0 amide bonds. The van der Waals surface area contributed by atoms with Gasteiger partial charge in [0.05, 0.1) is 30.0 Å². The SMILES string of the molecule is COC(=O)c1cnn2c(O)c(-c3ccc(C#N)cc3Cl)c(=O)[nH]c12. The van der Waals surface area contributed by atoms with Crippen molar-refractivity contribution in [2.75, 3.05) is 7.11 Å². The number of aromatic hydroxyl groups is 1. The summed E-state index contributed by atoms with van der Waals surface area (Å²) in [6.07, 6.45) is 1.17. The maximum absolute atomic E-state index is 12.4. The van der Waals surface area contributed by atoms with Crippen LogP contribution in [0.15, 0.2) is 29.2 Å². The summed E-state index contributed by atoms with van der Waals surface area (Å²) in [4.78, 5) is 26.5. The molecule has 120 valence electrons. The van der Waals surface area contributed by atoms with Gasteiger partial charge in [-0.15, -0.1) is 0 Å². The predicted octanol–water partition coefficient (Wildman–Crippen LogP) is 1.71. The highest BCUT2D eigenvalue weighted by Crippen LogP contribution is 2.32. The summed E-state index contributed by atoms with van der Waals surface area (Å²) < 4.78 is 5.59. The molecule has 2 N–H and O–H groups in total. The third kappa shape index (κ3) is 2.28. The lowest BCUT2D eigenvalue weighted by molar-refractivity contribution is 0.0602. The van der Waals surface area contributed by atoms with Crippen LogP contribution in [-0.2, 0) is 4.74 Å². The average Bonchev–Trinajstić information content (AvgIpc) is 2.99. The van der Waals surface area contributed by atoms with Crippen LogP contribution in [0.4, 0.5) is 0 Å². The van der Waals surface area contributed by atoms with Gasteiger partial charge in [-0.3, -0.25) is 4.79 Å². The number of carbonyl (C=O) groups excluding carboxylic acids is 1. The number of hydrogen-bond donors (Lipinski definition) is 2. The van der Waals surface area contributed by atoms with Crippen molar-refractivity contribution in [3.63, 3.8) is 0 Å². The number of aromatic nitrogens is 3. The van der Waals surface area contributed by atoms with Crippen molar-refractivity contribution in [1.82, 2.24) is 14.6 Å². The molecule has 0 saturated carbocycles. The van der Waals surface area contributed by atoms with E-state index in [4.69, 9.17) is 16.9 Å². The predicted molar refractivity (Wildman–Crippen MR) is 84.0 cm³/mol. The van der Waals surface area contributed by atoms with Gasteiger partial charge >= 0.3 is 5.97 Å². The third-order valence-electron chi connectivity index (χ3n) is 3.43. The van der Waals surface area contributed by atoms with E-state index in [1.165, 1.54) is 31.5 Å². The van der Waals surface area contributed by atoms with Crippen LogP contribution in [0.25, 0.3) is 16.8 Å². The first-order valence-corrected chi connectivity index (χ1v) is 6.97. The monoisotopic (exact) mass is 344 g/mol. The molecule has 2 aromatic heterocycles. The van der Waals surface area contributed by atoms with Crippen molar-refractivity contribution < 1.29 is 14.6 Å². The number of ether oxygens (including phenoxy) is 1. The Morgan fingerprint density at radius 1 is 1.50 bits per heavy atom. The molecule has 2 heterocycles. The van der Waals surface area contributed by atoms with Crippen molar-refractivity contribution in [2.24, 2.45) is 0 Å². The first-order valence-electron chi connectivity index (χ1n) is 6.59. The van der Waals surface area contributed by atoms with Crippen molar-refractivity contribution in [3.05, 3.63) is 50.9 Å². The highest BCUT2D eigenvalue weighted by Gasteiger charge is 2.22. The number of H-pyrrole nitrogens is 1. The summed E-state index contributed by atoms with van der Waals surface area (Å²) in [6.45, 7) is 0. The standard InChI is InChI=1S/C15H9ClN4O4/c1-24-15(23)9-6-18-20-12(9)19-13(21)11(14(20)22)8-3-2-7(5-17)4-10(8)16/h2-4,6,22H,1H3,(H,19,21). The Kier molecular flexibility index (Phi) is 3.71. The van der Waals surface area contributed by atoms with E-state index < -0.39 is 17.4 Å². The lowest BCUT2D eigenvalue weighted by Gasteiger charge is -2.08. The van der Waals surface area contributed by atoms with Crippen LogP contribution >= 0.6 is 11.6 Å². The molecule has 0 bridgehead atoms. The molecule has 1 aromatic carbocycles. The van der Waals surface area contributed by atoms with Gasteiger partial charge in [0.15, 0.2) is 5.65 Å². The second-order valence-corrected chi connectivity index (χ2v) is 5.18. The Hall–Kier alpha value is -3.31. The fraction of sp³-hybridized carbons (Fsp3) is 0.0667. The molecule has 0 unspecified atom stereocenters. The second kappa shape index (κ2) is 5.72. The molecule has 9 heteroatoms. The number of halogens is 1. The van der Waals surface area contributed by atoms with Gasteiger partial charge in [0.2, 0.25) is 5.88 Å². The first kappa shape index (κ1) is 15.6. The van der Waals surface area contributed by atoms with Crippen LogP contribution in [0.3, 0.4) is 0 Å². The Morgan fingerprint density at radius 2 is 2.25 bits per heavy atom. The molecule has 24 heavy (non-hydrogen) atoms. The molecule has 0 atom stereocenters. The van der Waals surface area contributed by atoms with Crippen molar-refractivity contribution in [3.8, 4) is 23.1 Å². The summed E-state index contributed by atoms with van der Waals surface area (Å²) in [5, 5.41) is 23.3. The van der Waals surface area contributed by atoms with Gasteiger partial charge in [-0.1, -0.05) is 17.7 Å². The van der Waals surface area contributed by atoms with Crippen LogP contribution in [-0.4, -0.2) is 32.8 Å². The van der Waals surface area contributed by atoms with Crippen LogP contribution in [0.5, 0.6) is 5.88 Å². The molecule has 3 aromatic rings. The van der Waals surface area contributed by atoms with Crippen LogP contribution in [0, 0.1) is 11.3 Å². The molecule has 0 spiro atoms. The third-order valence-corrected chi connectivity index (χ3v) is 3.74. The second-order valence-electron chi connectivity index (χ2n) is 4.77. The van der Waals surface area contributed by atoms with E-state index in [2.05, 4.69) is 14.8 Å². The van der Waals surface area contributed by atoms with Gasteiger partial charge in [0.1, 0.15) is 11.1 Å². The average molecular weight is 345 g/mol. The maximum atomic E-state index is 12.4. The Bertz CT molecular complexity index is 1080. The Labute approximate surface area is 139 Å². The van der Waals surface area contributed by atoms with Crippen LogP contribution in [0.1, 0.15) is 15.9 Å². The van der Waals surface area contributed by atoms with E-state index in [1.54, 1.807) is 0 Å². The van der Waals surface area contributed by atoms with E-state index in [0.29, 0.717) is 5.56 Å². The van der Waals surface area contributed by atoms with Crippen molar-refractivity contribution in [1.29, 1.82) is 5.26 Å². The number of hydrogen-bond acceptors (Lipinski definition) is 6. The number of fused-ring (bicyclic) bond motifs is 1. The van der Waals surface area contributed by atoms with Crippen LogP contribution in [0.2, 0.25) is 5.02 Å². The zero-order chi connectivity index (χ0) is 17.4. The van der Waals surface area contributed by atoms with Gasteiger partial charge in [0.25, 0.3) is 5.56 Å². The summed E-state index contributed by atoms with van der Waals surface area (Å²) in [5.74, 6) is -1.19. The number of nitriles is 1. The van der Waals surface area contributed by atoms with E-state index in [0.717, 1.165) is 4.52 Å². The normalized spacial score (nSPS) is 10.5. The molecule has 0 aliphatic carbocycles. The molecular formula is C15H9ClN4O4. The first-order chi connectivity index (χ1) is 11.5. The van der Waals surface area contributed by atoms with Crippen molar-refractivity contribution >= 4 is 23.2 Å². The zero-order valence-electron chi connectivity index (χ0n) is 12.2. The van der Waals surface area contributed by atoms with E-state index >= 15 is 0 Å². The maximum Gasteiger partial charge on any atom is 0.343 e. The van der Waals surface area contributed by atoms with Gasteiger partial charge in [0, 0.05) is 5.56 Å². The molecule has 8 nitrogen and oxygen atoms in total. The molecule has 0 aliphatic heterocycles. The smallest absolute Gasteiger partial charge is 0.343 e. The minimum Gasteiger partial charge on any atom is -0.493 e. The van der Waals surface area contributed by atoms with E-state index in [9.17, 15) is 14.7 Å². The minimum atomic E-state index is -0.704. The molecule has 0 radical (unpaired) electrons. The summed E-state index contributed by atoms with van der Waals surface area (Å²) in [7, 11) is 1.19. The number of methoxy groups -OCH3 is 1. The summed E-state index contributed by atoms with van der Waals surface area (Å²) in [5.41, 5.74) is -0.256. The van der Waals surface area contributed by atoms with Gasteiger partial charge in [-0.2, -0.15) is 14.9 Å². The van der Waals surface area contributed by atoms with E-state index in [1.807, 2.05) is 6.07 Å². The fourth-order valence-electron chi connectivity index (χ4n) is 2.30. The van der Waals surface area contributed by atoms with E-state index in [-0.39, 0.29) is 27.4 Å². The lowest BCUT2D eigenvalue weighted by atomic mass is 10.1. The topological polar surface area (TPSA) is 120 Å². The zero-order valence-corrected chi connectivity index (χ0v) is 13.0. The highest BCUT2D eigenvalue weighted by atomic mass is 35.5. The number of benzene rings is 1. The van der Waals surface area contributed by atoms with Crippen molar-refractivity contribution in [2.45, 2.75) is 0 Å². The molecule has 0 fully saturated rings. The number of nitrogens with zero attached hydrogens (tertiary/aromatic N) is 3. The fourth-order valence-corrected chi connectivity index (χ4v) is 2.57. The summed E-state index contributed by atoms with van der Waals surface area (Å²) in [6, 6.07) is 6.22. The lowest BCUT2D eigenvalue weighted by Crippen LogP contribution is -2.14. The Morgan fingerprint density at radius 3 is 2.88 bits per heavy atom. The summed E-state index contributed by atoms with van der Waals surface area (Å²) >= 11 is 6.10. The Balaban J connectivity index is 2.30. The number of carbonyl (C=O) groups is 1. The molecule has 3 rings (SSSR count). The highest BCUT2D eigenvalue weighted by molar-refractivity contribution is 6.33. The van der Waals surface area contributed by atoms with Crippen LogP contribution < -0.4 is 5.56 Å². The quantitative estimate of drug-likeness (QED) is 0.683. The van der Waals surface area contributed by atoms with Gasteiger partial charge in [-0.05, 0) is 12.1 Å². The molecule has 0 aliphatic rings.